The van der Waals surface area contributed by atoms with Crippen molar-refractivity contribution in [2.24, 2.45) is 0 Å². The molecule has 0 spiro atoms. The second-order valence-corrected chi connectivity index (χ2v) is 9.06. The van der Waals surface area contributed by atoms with Crippen LogP contribution in [0.3, 0.4) is 0 Å². The number of benzene rings is 3. The molecule has 0 aromatic heterocycles. The highest BCUT2D eigenvalue weighted by Gasteiger charge is 2.44. The molecular weight excluding hydrogens is 370 g/mol. The minimum Gasteiger partial charge on any atom is -0.304 e. The molecule has 5 heteroatoms. The van der Waals surface area contributed by atoms with Crippen molar-refractivity contribution in [2.45, 2.75) is 29.0 Å². The Bertz CT molecular complexity index is 1050. The Morgan fingerprint density at radius 1 is 0.750 bits per heavy atom. The van der Waals surface area contributed by atoms with E-state index < -0.39 is 21.1 Å². The molecule has 3 aromatic rings. The molecule has 28 heavy (non-hydrogen) atoms. The van der Waals surface area contributed by atoms with Crippen LogP contribution in [-0.2, 0) is 14.6 Å². The Morgan fingerprint density at radius 2 is 1.29 bits per heavy atom. The van der Waals surface area contributed by atoms with Crippen LogP contribution in [0.5, 0.6) is 0 Å². The zero-order valence-corrected chi connectivity index (χ0v) is 16.1. The Morgan fingerprint density at radius 3 is 1.89 bits per heavy atom. The minimum atomic E-state index is -3.62. The van der Waals surface area contributed by atoms with Crippen molar-refractivity contribution in [3.05, 3.63) is 96.6 Å². The van der Waals surface area contributed by atoms with Gasteiger partial charge in [-0.05, 0) is 36.2 Å². The summed E-state index contributed by atoms with van der Waals surface area (Å²) in [4.78, 5) is 14.9. The summed E-state index contributed by atoms with van der Waals surface area (Å²) in [7, 11) is -3.62. The number of hydrogen-bond acceptors (Lipinski definition) is 3. The molecule has 4 rings (SSSR count). The number of piperidine rings is 1. The molecule has 142 valence electrons. The van der Waals surface area contributed by atoms with Crippen LogP contribution in [0.1, 0.15) is 24.4 Å². The first-order valence-electron chi connectivity index (χ1n) is 9.30. The van der Waals surface area contributed by atoms with Crippen LogP contribution in [-0.4, -0.2) is 19.6 Å². The number of amides is 1. The van der Waals surface area contributed by atoms with Crippen LogP contribution in [0.25, 0.3) is 0 Å². The van der Waals surface area contributed by atoms with Gasteiger partial charge in [-0.25, -0.2) is 8.42 Å². The van der Waals surface area contributed by atoms with Crippen molar-refractivity contribution in [2.75, 3.05) is 4.90 Å². The molecule has 1 saturated heterocycles. The number of rotatable bonds is 4. The van der Waals surface area contributed by atoms with Crippen LogP contribution < -0.4 is 4.90 Å². The maximum absolute atomic E-state index is 13.5. The second kappa shape index (κ2) is 7.60. The molecule has 4 nitrogen and oxygen atoms in total. The van der Waals surface area contributed by atoms with Crippen LogP contribution >= 0.6 is 0 Å². The van der Waals surface area contributed by atoms with E-state index in [0.717, 1.165) is 5.56 Å². The fourth-order valence-corrected chi connectivity index (χ4v) is 5.81. The molecule has 0 radical (unpaired) electrons. The quantitative estimate of drug-likeness (QED) is 0.662. The monoisotopic (exact) mass is 391 g/mol. The van der Waals surface area contributed by atoms with Crippen molar-refractivity contribution >= 4 is 21.4 Å². The van der Waals surface area contributed by atoms with Gasteiger partial charge in [-0.1, -0.05) is 66.7 Å². The zero-order valence-electron chi connectivity index (χ0n) is 15.3. The molecule has 0 bridgehead atoms. The molecule has 0 saturated carbocycles. The molecule has 1 aliphatic heterocycles. The van der Waals surface area contributed by atoms with Crippen molar-refractivity contribution in [1.82, 2.24) is 0 Å². The van der Waals surface area contributed by atoms with E-state index in [9.17, 15) is 13.2 Å². The number of anilines is 1. The third kappa shape index (κ3) is 3.34. The van der Waals surface area contributed by atoms with E-state index in [4.69, 9.17) is 0 Å². The first-order valence-corrected chi connectivity index (χ1v) is 10.8. The Hall–Kier alpha value is -2.92. The number of carbonyl (C=O) groups excluding carboxylic acids is 1. The highest BCUT2D eigenvalue weighted by atomic mass is 32.2. The van der Waals surface area contributed by atoms with E-state index in [1.54, 1.807) is 35.2 Å². The van der Waals surface area contributed by atoms with Crippen LogP contribution in [0, 0.1) is 0 Å². The summed E-state index contributed by atoms with van der Waals surface area (Å²) in [6, 6.07) is 26.7. The second-order valence-electron chi connectivity index (χ2n) is 6.89. The van der Waals surface area contributed by atoms with Crippen LogP contribution in [0.2, 0.25) is 0 Å². The van der Waals surface area contributed by atoms with Gasteiger partial charge in [0, 0.05) is 12.1 Å². The number of nitrogens with zero attached hydrogens (tertiary/aromatic N) is 1. The van der Waals surface area contributed by atoms with E-state index in [0.29, 0.717) is 17.0 Å². The summed E-state index contributed by atoms with van der Waals surface area (Å²) >= 11 is 0. The van der Waals surface area contributed by atoms with Crippen molar-refractivity contribution in [3.63, 3.8) is 0 Å². The molecule has 3 aromatic carbocycles. The van der Waals surface area contributed by atoms with Gasteiger partial charge in [0.25, 0.3) is 0 Å². The summed E-state index contributed by atoms with van der Waals surface area (Å²) in [5.41, 5.74) is 1.54. The smallest absolute Gasteiger partial charge is 0.227 e. The van der Waals surface area contributed by atoms with E-state index in [2.05, 4.69) is 0 Å². The average molecular weight is 391 g/mol. The third-order valence-electron chi connectivity index (χ3n) is 5.19. The molecule has 2 unspecified atom stereocenters. The predicted molar refractivity (Wildman–Crippen MR) is 110 cm³/mol. The lowest BCUT2D eigenvalue weighted by Crippen LogP contribution is -2.48. The lowest BCUT2D eigenvalue weighted by atomic mass is 9.93. The van der Waals surface area contributed by atoms with Gasteiger partial charge >= 0.3 is 0 Å². The molecule has 1 fully saturated rings. The Labute approximate surface area is 165 Å². The van der Waals surface area contributed by atoms with Crippen molar-refractivity contribution in [3.8, 4) is 0 Å². The average Bonchev–Trinajstić information content (AvgIpc) is 2.75. The summed E-state index contributed by atoms with van der Waals surface area (Å²) in [6.07, 6.45) is 0.508. The highest BCUT2D eigenvalue weighted by molar-refractivity contribution is 7.92. The molecule has 0 aliphatic carbocycles. The fraction of sp³-hybridized carbons (Fsp3) is 0.174. The van der Waals surface area contributed by atoms with Gasteiger partial charge in [0.1, 0.15) is 0 Å². The van der Waals surface area contributed by atoms with Crippen molar-refractivity contribution < 1.29 is 13.2 Å². The summed E-state index contributed by atoms with van der Waals surface area (Å²) < 4.78 is 27.0. The molecule has 0 N–H and O–H groups in total. The number of para-hydroxylation sites is 1. The standard InChI is InChI=1S/C23H21NO3S/c25-22-17-16-21(28(26,27)20-14-8-3-9-15-20)23(18-10-4-1-5-11-18)24(22)19-12-6-2-7-13-19/h1-15,21,23H,16-17H2. The lowest BCUT2D eigenvalue weighted by Gasteiger charge is -2.41. The van der Waals surface area contributed by atoms with E-state index in [1.807, 2.05) is 60.7 Å². The van der Waals surface area contributed by atoms with Gasteiger partial charge in [-0.2, -0.15) is 0 Å². The molecular formula is C23H21NO3S. The maximum atomic E-state index is 13.5. The molecule has 1 amide bonds. The highest BCUT2D eigenvalue weighted by Crippen LogP contribution is 2.41. The summed E-state index contributed by atoms with van der Waals surface area (Å²) in [5.74, 6) is -0.0560. The predicted octanol–water partition coefficient (Wildman–Crippen LogP) is 4.40. The number of sulfone groups is 1. The van der Waals surface area contributed by atoms with Gasteiger partial charge < -0.3 is 4.90 Å². The van der Waals surface area contributed by atoms with E-state index >= 15 is 0 Å². The van der Waals surface area contributed by atoms with Crippen LogP contribution in [0.4, 0.5) is 5.69 Å². The lowest BCUT2D eigenvalue weighted by molar-refractivity contribution is -0.120. The summed E-state index contributed by atoms with van der Waals surface area (Å²) in [5, 5.41) is -0.713. The molecule has 1 aliphatic rings. The summed E-state index contributed by atoms with van der Waals surface area (Å²) in [6.45, 7) is 0. The zero-order chi connectivity index (χ0) is 19.6. The topological polar surface area (TPSA) is 54.5 Å². The van der Waals surface area contributed by atoms with Gasteiger partial charge in [-0.15, -0.1) is 0 Å². The first-order chi connectivity index (χ1) is 13.6. The van der Waals surface area contributed by atoms with Crippen LogP contribution in [0.15, 0.2) is 95.9 Å². The van der Waals surface area contributed by atoms with Crippen molar-refractivity contribution in [1.29, 1.82) is 0 Å². The number of carbonyl (C=O) groups is 1. The van der Waals surface area contributed by atoms with Gasteiger partial charge in [0.2, 0.25) is 5.91 Å². The minimum absolute atomic E-state index is 0.0560. The fourth-order valence-electron chi connectivity index (χ4n) is 3.88. The molecule has 2 atom stereocenters. The SMILES string of the molecule is O=C1CCC(S(=O)(=O)c2ccccc2)C(c2ccccc2)N1c1ccccc1. The number of hydrogen-bond donors (Lipinski definition) is 0. The largest absolute Gasteiger partial charge is 0.304 e. The van der Waals surface area contributed by atoms with Gasteiger partial charge in [-0.3, -0.25) is 4.79 Å². The van der Waals surface area contributed by atoms with E-state index in [-0.39, 0.29) is 12.3 Å². The third-order valence-corrected chi connectivity index (χ3v) is 7.41. The maximum Gasteiger partial charge on any atom is 0.227 e. The Balaban J connectivity index is 1.87. The molecule has 1 heterocycles. The van der Waals surface area contributed by atoms with Gasteiger partial charge in [0.15, 0.2) is 9.84 Å². The van der Waals surface area contributed by atoms with E-state index in [1.165, 1.54) is 0 Å². The first kappa shape index (κ1) is 18.4. The normalized spacial score (nSPS) is 20.1. The van der Waals surface area contributed by atoms with Gasteiger partial charge in [0.05, 0.1) is 16.2 Å². The Kier molecular flexibility index (Phi) is 5.01.